The van der Waals surface area contributed by atoms with Gasteiger partial charge in [0.25, 0.3) is 0 Å². The van der Waals surface area contributed by atoms with Crippen LogP contribution in [0.15, 0.2) is 133 Å². The molecule has 0 atom stereocenters. The molecule has 0 aliphatic heterocycles. The van der Waals surface area contributed by atoms with E-state index in [2.05, 4.69) is 91.0 Å². The minimum atomic E-state index is 0.900. The fraction of sp³-hybridized carbons (Fsp3) is 0. The Bertz CT molecular complexity index is 2160. The first-order chi connectivity index (χ1) is 19.3. The van der Waals surface area contributed by atoms with E-state index in [0.29, 0.717) is 0 Å². The third-order valence-corrected chi connectivity index (χ3v) is 8.69. The summed E-state index contributed by atoms with van der Waals surface area (Å²) in [5, 5.41) is 5.26. The van der Waals surface area contributed by atoms with Gasteiger partial charge in [0.2, 0.25) is 0 Å². The van der Waals surface area contributed by atoms with Gasteiger partial charge in [-0.05, 0) is 46.2 Å². The van der Waals surface area contributed by atoms with Crippen LogP contribution < -0.4 is 0 Å². The van der Waals surface area contributed by atoms with Crippen molar-refractivity contribution >= 4 is 53.3 Å². The van der Waals surface area contributed by atoms with E-state index in [1.54, 1.807) is 0 Å². The third kappa shape index (κ3) is 3.70. The van der Waals surface area contributed by atoms with Crippen LogP contribution in [0.1, 0.15) is 0 Å². The van der Waals surface area contributed by atoms with Crippen LogP contribution in [0.3, 0.4) is 0 Å². The Morgan fingerprint density at radius 3 is 1.77 bits per heavy atom. The van der Waals surface area contributed by atoms with Gasteiger partial charge in [0.15, 0.2) is 0 Å². The number of benzene rings is 6. The molecule has 0 unspecified atom stereocenters. The molecule has 2 heterocycles. The zero-order chi connectivity index (χ0) is 25.8. The fourth-order valence-electron chi connectivity index (χ4n) is 5.51. The van der Waals surface area contributed by atoms with E-state index in [1.807, 2.05) is 53.8 Å². The second-order valence-corrected chi connectivity index (χ2v) is 10.9. The average molecular weight is 515 g/mol. The number of hydrogen-bond acceptors (Lipinski definition) is 3. The van der Waals surface area contributed by atoms with E-state index in [4.69, 9.17) is 9.97 Å². The topological polar surface area (TPSA) is 25.8 Å². The van der Waals surface area contributed by atoms with Gasteiger partial charge in [0, 0.05) is 31.3 Å². The van der Waals surface area contributed by atoms with E-state index in [-0.39, 0.29) is 0 Å². The van der Waals surface area contributed by atoms with Gasteiger partial charge in [-0.3, -0.25) is 0 Å². The van der Waals surface area contributed by atoms with Crippen LogP contribution >= 0.6 is 11.3 Å². The number of fused-ring (bicyclic) bond motifs is 6. The Hall–Kier alpha value is -4.86. The molecule has 0 saturated heterocycles. The van der Waals surface area contributed by atoms with Crippen molar-refractivity contribution in [2.75, 3.05) is 0 Å². The smallest absolute Gasteiger partial charge is 0.0973 e. The highest BCUT2D eigenvalue weighted by atomic mass is 32.1. The van der Waals surface area contributed by atoms with Gasteiger partial charge in [-0.15, -0.1) is 11.3 Å². The largest absolute Gasteiger partial charge is 0.244 e. The average Bonchev–Trinajstić information content (AvgIpc) is 3.40. The summed E-state index contributed by atoms with van der Waals surface area (Å²) in [6, 6.07) is 47.1. The van der Waals surface area contributed by atoms with Crippen molar-refractivity contribution in [3.8, 4) is 33.6 Å². The summed E-state index contributed by atoms with van der Waals surface area (Å²) in [5.41, 5.74) is 8.13. The van der Waals surface area contributed by atoms with Gasteiger partial charge in [0.05, 0.1) is 22.4 Å². The molecular weight excluding hydrogens is 492 g/mol. The van der Waals surface area contributed by atoms with Crippen LogP contribution in [0.2, 0.25) is 0 Å². The fourth-order valence-corrected chi connectivity index (χ4v) is 6.75. The van der Waals surface area contributed by atoms with Crippen molar-refractivity contribution in [2.45, 2.75) is 0 Å². The van der Waals surface area contributed by atoms with E-state index in [1.165, 1.54) is 42.1 Å². The van der Waals surface area contributed by atoms with Crippen LogP contribution in [0.25, 0.3) is 75.6 Å². The van der Waals surface area contributed by atoms with Gasteiger partial charge in [0.1, 0.15) is 0 Å². The zero-order valence-electron chi connectivity index (χ0n) is 21.0. The lowest BCUT2D eigenvalue weighted by Crippen LogP contribution is -1.95. The second-order valence-electron chi connectivity index (χ2n) is 9.83. The minimum Gasteiger partial charge on any atom is -0.244 e. The Balaban J connectivity index is 1.22. The highest BCUT2D eigenvalue weighted by Crippen LogP contribution is 2.39. The summed E-state index contributed by atoms with van der Waals surface area (Å²) in [4.78, 5) is 10.1. The lowest BCUT2D eigenvalue weighted by atomic mass is 9.97. The number of aromatic nitrogens is 2. The first kappa shape index (κ1) is 22.2. The van der Waals surface area contributed by atoms with Gasteiger partial charge in [-0.1, -0.05) is 109 Å². The van der Waals surface area contributed by atoms with Gasteiger partial charge >= 0.3 is 0 Å². The van der Waals surface area contributed by atoms with Crippen LogP contribution in [0.5, 0.6) is 0 Å². The molecular formula is C36H22N2S. The first-order valence-corrected chi connectivity index (χ1v) is 13.9. The molecule has 3 heteroatoms. The van der Waals surface area contributed by atoms with Crippen molar-refractivity contribution in [1.29, 1.82) is 0 Å². The van der Waals surface area contributed by atoms with Gasteiger partial charge in [-0.25, -0.2) is 9.97 Å². The van der Waals surface area contributed by atoms with Crippen molar-refractivity contribution < 1.29 is 0 Å². The standard InChI is InChI=1S/C36H22N2S/c1-2-8-24(9-3-1)34-35(38-32-12-6-5-11-31(32)37-34)25-16-14-23(15-17-25)26-18-20-28-27(22-26)19-21-30-29-10-4-7-13-33(29)39-36(28)30/h1-22H. The molecule has 6 aromatic carbocycles. The van der Waals surface area contributed by atoms with E-state index >= 15 is 0 Å². The van der Waals surface area contributed by atoms with Crippen LogP contribution in [0, 0.1) is 0 Å². The molecule has 0 radical (unpaired) electrons. The summed E-state index contributed by atoms with van der Waals surface area (Å²) in [6.45, 7) is 0. The first-order valence-electron chi connectivity index (χ1n) is 13.1. The molecule has 0 aliphatic rings. The van der Waals surface area contributed by atoms with E-state index < -0.39 is 0 Å². The van der Waals surface area contributed by atoms with Crippen molar-refractivity contribution in [3.63, 3.8) is 0 Å². The number of nitrogens with zero attached hydrogens (tertiary/aromatic N) is 2. The molecule has 182 valence electrons. The maximum Gasteiger partial charge on any atom is 0.0973 e. The molecule has 0 saturated carbocycles. The molecule has 0 bridgehead atoms. The molecule has 2 nitrogen and oxygen atoms in total. The SMILES string of the molecule is c1ccc(-c2nc3ccccc3nc2-c2ccc(-c3ccc4c(ccc5c6ccccc6sc45)c3)cc2)cc1. The molecule has 0 amide bonds. The predicted octanol–water partition coefficient (Wildman–Crippen LogP) is 10.2. The van der Waals surface area contributed by atoms with Gasteiger partial charge < -0.3 is 0 Å². The summed E-state index contributed by atoms with van der Waals surface area (Å²) in [6.07, 6.45) is 0. The quantitative estimate of drug-likeness (QED) is 0.234. The Kier molecular flexibility index (Phi) is 5.04. The van der Waals surface area contributed by atoms with Crippen LogP contribution in [0.4, 0.5) is 0 Å². The second kappa shape index (κ2) is 8.87. The maximum atomic E-state index is 5.05. The lowest BCUT2D eigenvalue weighted by Gasteiger charge is -2.11. The molecule has 2 aromatic heterocycles. The van der Waals surface area contributed by atoms with Crippen molar-refractivity contribution in [2.24, 2.45) is 0 Å². The Morgan fingerprint density at radius 1 is 0.410 bits per heavy atom. The summed E-state index contributed by atoms with van der Waals surface area (Å²) in [7, 11) is 0. The van der Waals surface area contributed by atoms with E-state index in [9.17, 15) is 0 Å². The highest BCUT2D eigenvalue weighted by Gasteiger charge is 2.14. The molecule has 8 aromatic rings. The normalized spacial score (nSPS) is 11.6. The lowest BCUT2D eigenvalue weighted by molar-refractivity contribution is 1.29. The van der Waals surface area contributed by atoms with Crippen molar-refractivity contribution in [1.82, 2.24) is 9.97 Å². The van der Waals surface area contributed by atoms with Crippen LogP contribution in [-0.4, -0.2) is 9.97 Å². The third-order valence-electron chi connectivity index (χ3n) is 7.47. The molecule has 0 N–H and O–H groups in total. The molecule has 0 aliphatic carbocycles. The highest BCUT2D eigenvalue weighted by molar-refractivity contribution is 7.26. The van der Waals surface area contributed by atoms with Crippen LogP contribution in [-0.2, 0) is 0 Å². The summed E-state index contributed by atoms with van der Waals surface area (Å²) >= 11 is 1.88. The summed E-state index contributed by atoms with van der Waals surface area (Å²) < 4.78 is 2.70. The minimum absolute atomic E-state index is 0.900. The maximum absolute atomic E-state index is 5.05. The summed E-state index contributed by atoms with van der Waals surface area (Å²) in [5.74, 6) is 0. The molecule has 0 spiro atoms. The number of para-hydroxylation sites is 2. The Labute approximate surface area is 229 Å². The molecule has 0 fully saturated rings. The number of thiophene rings is 1. The van der Waals surface area contributed by atoms with Gasteiger partial charge in [-0.2, -0.15) is 0 Å². The predicted molar refractivity (Wildman–Crippen MR) is 166 cm³/mol. The molecule has 8 rings (SSSR count). The van der Waals surface area contributed by atoms with E-state index in [0.717, 1.165) is 33.5 Å². The number of rotatable bonds is 3. The molecule has 39 heavy (non-hydrogen) atoms. The van der Waals surface area contributed by atoms with Crippen molar-refractivity contribution in [3.05, 3.63) is 133 Å². The number of hydrogen-bond donors (Lipinski definition) is 0. The zero-order valence-corrected chi connectivity index (χ0v) is 21.8. The monoisotopic (exact) mass is 514 g/mol. The Morgan fingerprint density at radius 2 is 1.00 bits per heavy atom.